The fraction of sp³-hybridized carbons (Fsp3) is 0.368. The molecule has 9 heteroatoms. The molecule has 1 amide bonds. The van der Waals surface area contributed by atoms with Crippen molar-refractivity contribution in [3.63, 3.8) is 0 Å². The maximum absolute atomic E-state index is 13.2. The Morgan fingerprint density at radius 1 is 1.21 bits per heavy atom. The number of benzene rings is 1. The molecule has 3 heterocycles. The first kappa shape index (κ1) is 18.8. The van der Waals surface area contributed by atoms with E-state index in [9.17, 15) is 9.18 Å². The van der Waals surface area contributed by atoms with Gasteiger partial charge in [-0.2, -0.15) is 5.10 Å². The molecule has 0 bridgehead atoms. The molecule has 28 heavy (non-hydrogen) atoms. The Hall–Kier alpha value is -2.52. The molecule has 146 valence electrons. The predicted molar refractivity (Wildman–Crippen MR) is 104 cm³/mol. The SMILES string of the molecule is CC1CN(C(=O)CSc2ncnc3c2cnn3-c2ccc(F)cc2)CC(C)O1. The fourth-order valence-electron chi connectivity index (χ4n) is 3.31. The van der Waals surface area contributed by atoms with Crippen molar-refractivity contribution in [2.45, 2.75) is 31.1 Å². The Morgan fingerprint density at radius 2 is 1.93 bits per heavy atom. The van der Waals surface area contributed by atoms with E-state index in [0.29, 0.717) is 29.5 Å². The lowest BCUT2D eigenvalue weighted by molar-refractivity contribution is -0.140. The smallest absolute Gasteiger partial charge is 0.233 e. The molecular formula is C19H20FN5O2S. The second kappa shape index (κ2) is 7.84. The Bertz CT molecular complexity index is 984. The number of ether oxygens (including phenoxy) is 1. The molecule has 0 N–H and O–H groups in total. The maximum Gasteiger partial charge on any atom is 0.233 e. The molecule has 1 aromatic carbocycles. The zero-order valence-corrected chi connectivity index (χ0v) is 16.4. The molecule has 4 rings (SSSR count). The lowest BCUT2D eigenvalue weighted by Crippen LogP contribution is -2.48. The first-order valence-electron chi connectivity index (χ1n) is 9.02. The zero-order valence-electron chi connectivity index (χ0n) is 15.6. The van der Waals surface area contributed by atoms with Crippen molar-refractivity contribution in [2.75, 3.05) is 18.8 Å². The zero-order chi connectivity index (χ0) is 19.7. The van der Waals surface area contributed by atoms with Crippen molar-refractivity contribution in [2.24, 2.45) is 0 Å². The molecule has 1 aliphatic heterocycles. The lowest BCUT2D eigenvalue weighted by atomic mass is 10.2. The minimum Gasteiger partial charge on any atom is -0.372 e. The van der Waals surface area contributed by atoms with Crippen LogP contribution in [0, 0.1) is 5.82 Å². The van der Waals surface area contributed by atoms with Gasteiger partial charge in [-0.1, -0.05) is 11.8 Å². The van der Waals surface area contributed by atoms with Crippen molar-refractivity contribution >= 4 is 28.7 Å². The second-order valence-electron chi connectivity index (χ2n) is 6.79. The van der Waals surface area contributed by atoms with Gasteiger partial charge in [0.15, 0.2) is 5.65 Å². The van der Waals surface area contributed by atoms with E-state index in [2.05, 4.69) is 15.1 Å². The van der Waals surface area contributed by atoms with Crippen LogP contribution in [0.15, 0.2) is 41.8 Å². The van der Waals surface area contributed by atoms with Crippen LogP contribution in [0.3, 0.4) is 0 Å². The number of aromatic nitrogens is 4. The molecule has 0 aliphatic carbocycles. The van der Waals surface area contributed by atoms with E-state index in [1.165, 1.54) is 30.2 Å². The molecule has 3 aromatic rings. The van der Waals surface area contributed by atoms with Gasteiger partial charge >= 0.3 is 0 Å². The van der Waals surface area contributed by atoms with Gasteiger partial charge in [-0.15, -0.1) is 0 Å². The van der Waals surface area contributed by atoms with E-state index in [-0.39, 0.29) is 29.7 Å². The van der Waals surface area contributed by atoms with Crippen LogP contribution in [0.1, 0.15) is 13.8 Å². The first-order chi connectivity index (χ1) is 13.5. The minimum absolute atomic E-state index is 0.0393. The number of carbonyl (C=O) groups excluding carboxylic acids is 1. The highest BCUT2D eigenvalue weighted by molar-refractivity contribution is 8.00. The first-order valence-corrected chi connectivity index (χ1v) is 10.0. The van der Waals surface area contributed by atoms with Gasteiger partial charge in [-0.25, -0.2) is 19.0 Å². The monoisotopic (exact) mass is 401 g/mol. The van der Waals surface area contributed by atoms with Gasteiger partial charge in [0, 0.05) is 13.1 Å². The van der Waals surface area contributed by atoms with Gasteiger partial charge in [0.1, 0.15) is 17.2 Å². The molecule has 0 spiro atoms. The summed E-state index contributed by atoms with van der Waals surface area (Å²) in [7, 11) is 0. The number of halogens is 1. The molecule has 2 aromatic heterocycles. The van der Waals surface area contributed by atoms with Gasteiger partial charge in [0.2, 0.25) is 5.91 Å². The van der Waals surface area contributed by atoms with Crippen LogP contribution < -0.4 is 0 Å². The molecule has 0 saturated carbocycles. The van der Waals surface area contributed by atoms with Crippen molar-refractivity contribution in [1.29, 1.82) is 0 Å². The molecule has 1 saturated heterocycles. The average molecular weight is 401 g/mol. The predicted octanol–water partition coefficient (Wildman–Crippen LogP) is 2.68. The standard InChI is InChI=1S/C19H20FN5O2S/c1-12-8-24(9-13(2)27-12)17(26)10-28-19-16-7-23-25(18(16)21-11-22-19)15-5-3-14(20)4-6-15/h3-7,11-13H,8-10H2,1-2H3. The molecule has 1 aliphatic rings. The van der Waals surface area contributed by atoms with Gasteiger partial charge in [0.25, 0.3) is 0 Å². The molecule has 7 nitrogen and oxygen atoms in total. The van der Waals surface area contributed by atoms with Crippen LogP contribution in [0.5, 0.6) is 0 Å². The van der Waals surface area contributed by atoms with Crippen LogP contribution in [-0.4, -0.2) is 61.6 Å². The maximum atomic E-state index is 13.2. The number of rotatable bonds is 4. The summed E-state index contributed by atoms with van der Waals surface area (Å²) in [5.74, 6) is 0.0360. The number of carbonyl (C=O) groups is 1. The summed E-state index contributed by atoms with van der Waals surface area (Å²) < 4.78 is 20.5. The second-order valence-corrected chi connectivity index (χ2v) is 7.76. The van der Waals surface area contributed by atoms with E-state index in [0.717, 1.165) is 5.39 Å². The molecule has 1 fully saturated rings. The molecule has 2 unspecified atom stereocenters. The Labute approximate surface area is 165 Å². The fourth-order valence-corrected chi connectivity index (χ4v) is 4.18. The molecule has 0 radical (unpaired) electrons. The summed E-state index contributed by atoms with van der Waals surface area (Å²) in [6.45, 7) is 5.15. The van der Waals surface area contributed by atoms with Crippen LogP contribution in [-0.2, 0) is 9.53 Å². The van der Waals surface area contributed by atoms with E-state index in [4.69, 9.17) is 4.74 Å². The third kappa shape index (κ3) is 3.85. The van der Waals surface area contributed by atoms with E-state index < -0.39 is 0 Å². The number of hydrogen-bond acceptors (Lipinski definition) is 6. The highest BCUT2D eigenvalue weighted by Crippen LogP contribution is 2.26. The summed E-state index contributed by atoms with van der Waals surface area (Å²) in [4.78, 5) is 23.1. The molecular weight excluding hydrogens is 381 g/mol. The number of hydrogen-bond donors (Lipinski definition) is 0. The van der Waals surface area contributed by atoms with Gasteiger partial charge < -0.3 is 9.64 Å². The number of nitrogens with zero attached hydrogens (tertiary/aromatic N) is 5. The Kier molecular flexibility index (Phi) is 5.27. The van der Waals surface area contributed by atoms with Crippen molar-refractivity contribution in [3.05, 3.63) is 42.6 Å². The summed E-state index contributed by atoms with van der Waals surface area (Å²) in [6.07, 6.45) is 3.20. The minimum atomic E-state index is -0.309. The average Bonchev–Trinajstić information content (AvgIpc) is 3.10. The third-order valence-corrected chi connectivity index (χ3v) is 5.50. The van der Waals surface area contributed by atoms with Crippen LogP contribution in [0.4, 0.5) is 4.39 Å². The van der Waals surface area contributed by atoms with Crippen LogP contribution in [0.2, 0.25) is 0 Å². The summed E-state index contributed by atoms with van der Waals surface area (Å²) >= 11 is 1.37. The topological polar surface area (TPSA) is 73.1 Å². The Morgan fingerprint density at radius 3 is 2.64 bits per heavy atom. The summed E-state index contributed by atoms with van der Waals surface area (Å²) in [5.41, 5.74) is 1.32. The van der Waals surface area contributed by atoms with E-state index >= 15 is 0 Å². The quantitative estimate of drug-likeness (QED) is 0.494. The summed E-state index contributed by atoms with van der Waals surface area (Å²) in [6, 6.07) is 6.04. The number of fused-ring (bicyclic) bond motifs is 1. The van der Waals surface area contributed by atoms with Gasteiger partial charge in [0.05, 0.1) is 35.2 Å². The van der Waals surface area contributed by atoms with Crippen molar-refractivity contribution in [1.82, 2.24) is 24.6 Å². The normalized spacial score (nSPS) is 19.9. The highest BCUT2D eigenvalue weighted by atomic mass is 32.2. The van der Waals surface area contributed by atoms with E-state index in [1.54, 1.807) is 23.0 Å². The highest BCUT2D eigenvalue weighted by Gasteiger charge is 2.26. The Balaban J connectivity index is 1.52. The van der Waals surface area contributed by atoms with Crippen LogP contribution in [0.25, 0.3) is 16.7 Å². The third-order valence-electron chi connectivity index (χ3n) is 4.51. The summed E-state index contributed by atoms with van der Waals surface area (Å²) in [5, 5.41) is 5.81. The number of morpholine rings is 1. The van der Waals surface area contributed by atoms with Gasteiger partial charge in [-0.05, 0) is 38.1 Å². The van der Waals surface area contributed by atoms with Crippen LogP contribution >= 0.6 is 11.8 Å². The number of thioether (sulfide) groups is 1. The largest absolute Gasteiger partial charge is 0.372 e. The van der Waals surface area contributed by atoms with Gasteiger partial charge in [-0.3, -0.25) is 4.79 Å². The number of amides is 1. The van der Waals surface area contributed by atoms with E-state index in [1.807, 2.05) is 18.7 Å². The molecule has 2 atom stereocenters. The lowest BCUT2D eigenvalue weighted by Gasteiger charge is -2.35. The van der Waals surface area contributed by atoms with Crippen molar-refractivity contribution in [3.8, 4) is 5.69 Å². The van der Waals surface area contributed by atoms with Crippen molar-refractivity contribution < 1.29 is 13.9 Å².